The van der Waals surface area contributed by atoms with Gasteiger partial charge < -0.3 is 24.6 Å². The average molecular weight is 406 g/mol. The number of unbranched alkanes of at least 4 members (excludes halogenated alkanes) is 1. The molecule has 1 amide bonds. The van der Waals surface area contributed by atoms with E-state index < -0.39 is 46.9 Å². The molecule has 0 aromatic carbocycles. The third-order valence-corrected chi connectivity index (χ3v) is 3.61. The number of hydrogen-bond acceptors (Lipinski definition) is 8. The van der Waals surface area contributed by atoms with E-state index in [1.807, 2.05) is 0 Å². The van der Waals surface area contributed by atoms with E-state index in [0.29, 0.717) is 12.8 Å². The molecule has 0 aromatic heterocycles. The van der Waals surface area contributed by atoms with Crippen LogP contribution in [0.5, 0.6) is 0 Å². The molecule has 0 aliphatic rings. The summed E-state index contributed by atoms with van der Waals surface area (Å²) >= 11 is 0. The van der Waals surface area contributed by atoms with E-state index in [1.165, 1.54) is 6.92 Å². The molecule has 0 aromatic rings. The normalized spacial score (nSPS) is 14.3. The molecule has 0 aliphatic carbocycles. The Hall–Kier alpha value is -2.59. The van der Waals surface area contributed by atoms with Gasteiger partial charge in [-0.25, -0.2) is 14.4 Å². The molecule has 2 N–H and O–H groups in total. The molecule has 0 fully saturated rings. The zero-order valence-electron chi connectivity index (χ0n) is 16.9. The van der Waals surface area contributed by atoms with Crippen molar-refractivity contribution in [3.8, 4) is 0 Å². The van der Waals surface area contributed by atoms with Gasteiger partial charge >= 0.3 is 18.2 Å². The summed E-state index contributed by atoms with van der Waals surface area (Å²) in [5.41, 5.74) is -0.746. The molecule has 0 spiro atoms. The molecule has 0 saturated heterocycles. The maximum atomic E-state index is 11.7. The van der Waals surface area contributed by atoms with E-state index in [1.54, 1.807) is 27.7 Å². The van der Waals surface area contributed by atoms with Crippen LogP contribution in [-0.2, 0) is 19.0 Å². The summed E-state index contributed by atoms with van der Waals surface area (Å²) in [6, 6.07) is -2.14. The van der Waals surface area contributed by atoms with Crippen molar-refractivity contribution in [1.82, 2.24) is 5.32 Å². The van der Waals surface area contributed by atoms with Crippen LogP contribution in [0.2, 0.25) is 0 Å². The lowest BCUT2D eigenvalue weighted by atomic mass is 10.1. The molecule has 3 atom stereocenters. The molecule has 0 rings (SSSR count). The molecular weight excluding hydrogens is 376 g/mol. The largest absolute Gasteiger partial charge is 0.508 e. The number of hydrogen-bond donors (Lipinski definition) is 2. The number of carbonyl (C=O) groups excluding carboxylic acids is 2. The quantitative estimate of drug-likeness (QED) is 0.228. The standard InChI is InChI=1S/C17H30N2O9/c1-6-13(19(24)25)11(2)27-16(23)26-10-8-7-9-12(14(20)21)18-15(22)28-17(3,4)5/h11-13H,6-10H2,1-5H3,(H,18,22)(H,20,21)/t11?,12-,13+/m0/s1. The molecule has 0 radical (unpaired) electrons. The Morgan fingerprint density at radius 3 is 2.29 bits per heavy atom. The number of alkyl carbamates (subject to hydrolysis) is 1. The van der Waals surface area contributed by atoms with Gasteiger partial charge in [-0.2, -0.15) is 0 Å². The second-order valence-electron chi connectivity index (χ2n) is 7.22. The Morgan fingerprint density at radius 1 is 1.21 bits per heavy atom. The number of rotatable bonds is 11. The van der Waals surface area contributed by atoms with E-state index in [2.05, 4.69) is 5.32 Å². The number of carboxylic acids is 1. The zero-order valence-corrected chi connectivity index (χ0v) is 16.9. The van der Waals surface area contributed by atoms with Crippen LogP contribution in [-0.4, -0.2) is 58.6 Å². The van der Waals surface area contributed by atoms with Gasteiger partial charge in [0.05, 0.1) is 6.61 Å². The number of carbonyl (C=O) groups is 3. The summed E-state index contributed by atoms with van der Waals surface area (Å²) in [5.74, 6) is -1.20. The third kappa shape index (κ3) is 11.2. The van der Waals surface area contributed by atoms with Gasteiger partial charge in [0.15, 0.2) is 6.10 Å². The van der Waals surface area contributed by atoms with Crippen molar-refractivity contribution in [3.05, 3.63) is 10.1 Å². The van der Waals surface area contributed by atoms with Crippen LogP contribution in [0.4, 0.5) is 9.59 Å². The van der Waals surface area contributed by atoms with Crippen molar-refractivity contribution in [2.75, 3.05) is 6.61 Å². The van der Waals surface area contributed by atoms with Gasteiger partial charge in [-0.15, -0.1) is 0 Å². The first-order chi connectivity index (χ1) is 12.9. The second-order valence-corrected chi connectivity index (χ2v) is 7.22. The molecule has 0 aliphatic heterocycles. The first-order valence-electron chi connectivity index (χ1n) is 9.06. The van der Waals surface area contributed by atoms with Gasteiger partial charge in [-0.3, -0.25) is 10.1 Å². The fraction of sp³-hybridized carbons (Fsp3) is 0.824. The Morgan fingerprint density at radius 2 is 1.82 bits per heavy atom. The minimum Gasteiger partial charge on any atom is -0.480 e. The Balaban J connectivity index is 4.20. The topological polar surface area (TPSA) is 154 Å². The highest BCUT2D eigenvalue weighted by atomic mass is 16.7. The fourth-order valence-electron chi connectivity index (χ4n) is 2.23. The maximum Gasteiger partial charge on any atom is 0.508 e. The number of aliphatic carboxylic acids is 1. The summed E-state index contributed by atoms with van der Waals surface area (Å²) in [4.78, 5) is 44.7. The minimum atomic E-state index is -1.20. The minimum absolute atomic E-state index is 0.0421. The van der Waals surface area contributed by atoms with E-state index in [4.69, 9.17) is 19.3 Å². The third-order valence-electron chi connectivity index (χ3n) is 3.61. The lowest BCUT2D eigenvalue weighted by molar-refractivity contribution is -0.533. The summed E-state index contributed by atoms with van der Waals surface area (Å²) in [5, 5.41) is 22.2. The summed E-state index contributed by atoms with van der Waals surface area (Å²) in [7, 11) is 0. The van der Waals surface area contributed by atoms with E-state index in [0.717, 1.165) is 0 Å². The Bertz CT molecular complexity index is 545. The lowest BCUT2D eigenvalue weighted by Crippen LogP contribution is -2.43. The van der Waals surface area contributed by atoms with Crippen molar-refractivity contribution in [3.63, 3.8) is 0 Å². The predicted octanol–water partition coefficient (Wildman–Crippen LogP) is 2.73. The van der Waals surface area contributed by atoms with Crippen LogP contribution in [0, 0.1) is 10.1 Å². The van der Waals surface area contributed by atoms with Gasteiger partial charge in [0, 0.05) is 11.3 Å². The first-order valence-corrected chi connectivity index (χ1v) is 9.06. The monoisotopic (exact) mass is 406 g/mol. The van der Waals surface area contributed by atoms with Crippen molar-refractivity contribution in [2.45, 2.75) is 84.1 Å². The molecule has 162 valence electrons. The van der Waals surface area contributed by atoms with Crippen LogP contribution in [0.15, 0.2) is 0 Å². The Labute approximate surface area is 163 Å². The van der Waals surface area contributed by atoms with Crippen LogP contribution < -0.4 is 5.32 Å². The molecule has 28 heavy (non-hydrogen) atoms. The molecule has 0 saturated carbocycles. The molecule has 0 heterocycles. The van der Waals surface area contributed by atoms with E-state index in [9.17, 15) is 24.5 Å². The molecule has 0 bridgehead atoms. The molecule has 1 unspecified atom stereocenters. The van der Waals surface area contributed by atoms with Crippen LogP contribution in [0.1, 0.15) is 60.3 Å². The first kappa shape index (κ1) is 25.4. The van der Waals surface area contributed by atoms with Gasteiger partial charge in [-0.05, 0) is 47.0 Å². The van der Waals surface area contributed by atoms with E-state index in [-0.39, 0.29) is 19.4 Å². The number of nitrogens with one attached hydrogen (secondary N) is 1. The zero-order chi connectivity index (χ0) is 21.9. The van der Waals surface area contributed by atoms with Crippen molar-refractivity contribution in [2.24, 2.45) is 0 Å². The fourth-order valence-corrected chi connectivity index (χ4v) is 2.23. The summed E-state index contributed by atoms with van der Waals surface area (Å²) < 4.78 is 14.7. The van der Waals surface area contributed by atoms with Crippen molar-refractivity contribution >= 4 is 18.2 Å². The highest BCUT2D eigenvalue weighted by molar-refractivity contribution is 5.79. The van der Waals surface area contributed by atoms with Gasteiger partial charge in [0.25, 0.3) is 0 Å². The maximum absolute atomic E-state index is 11.7. The van der Waals surface area contributed by atoms with Gasteiger partial charge in [0.1, 0.15) is 11.6 Å². The van der Waals surface area contributed by atoms with Crippen LogP contribution in [0.25, 0.3) is 0 Å². The lowest BCUT2D eigenvalue weighted by Gasteiger charge is -2.22. The number of amides is 1. The number of nitrogens with zero attached hydrogens (tertiary/aromatic N) is 1. The second kappa shape index (κ2) is 12.0. The number of nitro groups is 1. The highest BCUT2D eigenvalue weighted by Crippen LogP contribution is 2.10. The molecule has 11 heteroatoms. The number of ether oxygens (including phenoxy) is 3. The molecular formula is C17H30N2O9. The predicted molar refractivity (Wildman–Crippen MR) is 97.6 cm³/mol. The highest BCUT2D eigenvalue weighted by Gasteiger charge is 2.29. The smallest absolute Gasteiger partial charge is 0.480 e. The molecule has 11 nitrogen and oxygen atoms in total. The van der Waals surface area contributed by atoms with Crippen LogP contribution >= 0.6 is 0 Å². The Kier molecular flexibility index (Phi) is 10.9. The summed E-state index contributed by atoms with van der Waals surface area (Å²) in [6.45, 7) is 7.97. The van der Waals surface area contributed by atoms with Crippen molar-refractivity contribution < 1.29 is 38.6 Å². The van der Waals surface area contributed by atoms with Gasteiger partial charge in [0.2, 0.25) is 6.04 Å². The summed E-state index contributed by atoms with van der Waals surface area (Å²) in [6.07, 6.45) is -1.77. The average Bonchev–Trinajstić information content (AvgIpc) is 2.51. The van der Waals surface area contributed by atoms with E-state index >= 15 is 0 Å². The van der Waals surface area contributed by atoms with Crippen LogP contribution in [0.3, 0.4) is 0 Å². The van der Waals surface area contributed by atoms with Crippen molar-refractivity contribution in [1.29, 1.82) is 0 Å². The number of carboxylic acid groups (broad SMARTS) is 1. The SMILES string of the molecule is CC[C@H](C(C)OC(=O)OCCCC[C@H](NC(=O)OC(C)(C)C)C(=O)O)[N+](=O)[O-]. The van der Waals surface area contributed by atoms with Gasteiger partial charge in [-0.1, -0.05) is 6.92 Å².